The first-order valence-electron chi connectivity index (χ1n) is 8.22. The fourth-order valence-electron chi connectivity index (χ4n) is 3.83. The van der Waals surface area contributed by atoms with Crippen LogP contribution in [0.1, 0.15) is 30.9 Å². The molecule has 1 aromatic carbocycles. The predicted octanol–water partition coefficient (Wildman–Crippen LogP) is 3.26. The van der Waals surface area contributed by atoms with Crippen molar-refractivity contribution in [3.05, 3.63) is 33.8 Å². The maximum atomic E-state index is 13.8. The Kier molecular flexibility index (Phi) is 5.65. The van der Waals surface area contributed by atoms with Crippen molar-refractivity contribution in [2.24, 2.45) is 17.6 Å². The third-order valence-electron chi connectivity index (χ3n) is 4.96. The molecule has 0 spiro atoms. The van der Waals surface area contributed by atoms with Crippen molar-refractivity contribution in [3.63, 3.8) is 0 Å². The van der Waals surface area contributed by atoms with Crippen LogP contribution in [0.2, 0.25) is 10.0 Å². The second-order valence-electron chi connectivity index (χ2n) is 6.46. The van der Waals surface area contributed by atoms with Crippen molar-refractivity contribution >= 4 is 29.1 Å². The number of carbonyl (C=O) groups is 1. The van der Waals surface area contributed by atoms with Crippen molar-refractivity contribution < 1.29 is 13.9 Å². The van der Waals surface area contributed by atoms with Gasteiger partial charge in [0, 0.05) is 12.5 Å². The van der Waals surface area contributed by atoms with Crippen molar-refractivity contribution in [1.29, 1.82) is 0 Å². The van der Waals surface area contributed by atoms with E-state index in [0.717, 1.165) is 5.56 Å². The molecule has 1 aliphatic heterocycles. The number of nitrogens with two attached hydrogens (primary N) is 1. The number of benzene rings is 1. The predicted molar refractivity (Wildman–Crippen MR) is 91.9 cm³/mol. The quantitative estimate of drug-likeness (QED) is 0.849. The molecule has 1 aliphatic carbocycles. The Balaban J connectivity index is 1.91. The van der Waals surface area contributed by atoms with Crippen LogP contribution in [-0.2, 0) is 9.53 Å². The molecular weight excluding hydrogens is 354 g/mol. The first-order valence-corrected chi connectivity index (χ1v) is 8.98. The smallest absolute Gasteiger partial charge is 0.224 e. The van der Waals surface area contributed by atoms with E-state index in [1.165, 1.54) is 0 Å². The van der Waals surface area contributed by atoms with Gasteiger partial charge in [-0.25, -0.2) is 4.39 Å². The molecule has 5 unspecified atom stereocenters. The number of hydrogen-bond acceptors (Lipinski definition) is 3. The Morgan fingerprint density at radius 2 is 2.08 bits per heavy atom. The van der Waals surface area contributed by atoms with Crippen LogP contribution in [0.5, 0.6) is 0 Å². The van der Waals surface area contributed by atoms with Crippen molar-refractivity contribution in [1.82, 2.24) is 5.32 Å². The van der Waals surface area contributed by atoms with Gasteiger partial charge in [0.25, 0.3) is 0 Å². The molecule has 1 saturated carbocycles. The lowest BCUT2D eigenvalue weighted by molar-refractivity contribution is -0.144. The highest BCUT2D eigenvalue weighted by atomic mass is 35.5. The zero-order valence-electron chi connectivity index (χ0n) is 13.2. The minimum Gasteiger partial charge on any atom is -0.374 e. The normalized spacial score (nSPS) is 33.0. The number of carbonyl (C=O) groups excluding carboxylic acids is 1. The van der Waals surface area contributed by atoms with Gasteiger partial charge in [-0.2, -0.15) is 0 Å². The highest BCUT2D eigenvalue weighted by molar-refractivity contribution is 6.42. The van der Waals surface area contributed by atoms with Crippen LogP contribution in [-0.4, -0.2) is 31.3 Å². The summed E-state index contributed by atoms with van der Waals surface area (Å²) >= 11 is 12.1. The van der Waals surface area contributed by atoms with Gasteiger partial charge in [-0.05, 0) is 42.9 Å². The van der Waals surface area contributed by atoms with E-state index in [9.17, 15) is 9.18 Å². The molecule has 0 radical (unpaired) electrons. The van der Waals surface area contributed by atoms with Crippen LogP contribution in [0.3, 0.4) is 0 Å². The van der Waals surface area contributed by atoms with Crippen LogP contribution in [0.25, 0.3) is 0 Å². The monoisotopic (exact) mass is 374 g/mol. The number of piperidine rings is 1. The minimum absolute atomic E-state index is 0.0169. The molecule has 132 valence electrons. The highest BCUT2D eigenvalue weighted by Crippen LogP contribution is 2.43. The second kappa shape index (κ2) is 7.56. The van der Waals surface area contributed by atoms with Crippen LogP contribution in [0, 0.1) is 11.8 Å². The zero-order valence-corrected chi connectivity index (χ0v) is 14.7. The molecule has 1 amide bonds. The molecule has 2 aliphatic rings. The topological polar surface area (TPSA) is 64.3 Å². The number of rotatable bonds is 4. The number of amides is 1. The number of halogens is 3. The molecule has 4 nitrogen and oxygen atoms in total. The highest BCUT2D eigenvalue weighted by Gasteiger charge is 2.48. The summed E-state index contributed by atoms with van der Waals surface area (Å²) in [5, 5.41) is 3.87. The summed E-state index contributed by atoms with van der Waals surface area (Å²) in [5.41, 5.74) is 6.41. The van der Waals surface area contributed by atoms with Crippen LogP contribution < -0.4 is 11.1 Å². The standard InChI is InChI=1S/C17H21Cl2FN2O2/c18-13-4-1-9(7-14(13)19)15-16(24-6-5-21)11-3-2-10(20)8-12(11)17(23)22-15/h1,4,7,10-12,15-16H,2-3,5-6,8,21H2,(H,22,23). The molecule has 1 aromatic rings. The Labute approximate surface area is 150 Å². The number of nitrogens with one attached hydrogen (secondary N) is 1. The molecule has 0 aromatic heterocycles. The van der Waals surface area contributed by atoms with E-state index < -0.39 is 6.17 Å². The maximum absolute atomic E-state index is 13.8. The summed E-state index contributed by atoms with van der Waals surface area (Å²) in [6.45, 7) is 0.780. The molecule has 3 N–H and O–H groups in total. The Morgan fingerprint density at radius 3 is 2.79 bits per heavy atom. The molecule has 5 atom stereocenters. The van der Waals surface area contributed by atoms with E-state index in [1.807, 2.05) is 6.07 Å². The number of ether oxygens (including phenoxy) is 1. The van der Waals surface area contributed by atoms with Gasteiger partial charge >= 0.3 is 0 Å². The lowest BCUT2D eigenvalue weighted by Crippen LogP contribution is -2.55. The van der Waals surface area contributed by atoms with Gasteiger partial charge in [0.2, 0.25) is 5.91 Å². The van der Waals surface area contributed by atoms with Crippen LogP contribution in [0.15, 0.2) is 18.2 Å². The molecule has 7 heteroatoms. The molecule has 0 bridgehead atoms. The summed E-state index contributed by atoms with van der Waals surface area (Å²) < 4.78 is 19.7. The second-order valence-corrected chi connectivity index (χ2v) is 7.28. The van der Waals surface area contributed by atoms with E-state index >= 15 is 0 Å². The van der Waals surface area contributed by atoms with Crippen molar-refractivity contribution in [3.8, 4) is 0 Å². The van der Waals surface area contributed by atoms with Gasteiger partial charge in [-0.3, -0.25) is 4.79 Å². The zero-order chi connectivity index (χ0) is 17.3. The molecule has 3 rings (SSSR count). The molecule has 2 fully saturated rings. The lowest BCUT2D eigenvalue weighted by Gasteiger charge is -2.45. The van der Waals surface area contributed by atoms with E-state index in [0.29, 0.717) is 36.0 Å². The van der Waals surface area contributed by atoms with Gasteiger partial charge in [-0.15, -0.1) is 0 Å². The Bertz CT molecular complexity index is 616. The SMILES string of the molecule is NCCOC1C(c2ccc(Cl)c(Cl)c2)NC(=O)C2CC(F)CCC21. The van der Waals surface area contributed by atoms with E-state index in [1.54, 1.807) is 12.1 Å². The fraction of sp³-hybridized carbons (Fsp3) is 0.588. The molecular formula is C17H21Cl2FN2O2. The third kappa shape index (κ3) is 3.54. The number of hydrogen-bond donors (Lipinski definition) is 2. The Hall–Kier alpha value is -0.880. The van der Waals surface area contributed by atoms with Gasteiger partial charge in [0.05, 0.1) is 28.8 Å². The Morgan fingerprint density at radius 1 is 1.29 bits per heavy atom. The van der Waals surface area contributed by atoms with E-state index in [-0.39, 0.29) is 36.3 Å². The number of fused-ring (bicyclic) bond motifs is 1. The van der Waals surface area contributed by atoms with Crippen molar-refractivity contribution in [2.45, 2.75) is 37.6 Å². The van der Waals surface area contributed by atoms with Gasteiger partial charge in [0.15, 0.2) is 0 Å². The van der Waals surface area contributed by atoms with Crippen LogP contribution in [0.4, 0.5) is 4.39 Å². The number of alkyl halides is 1. The van der Waals surface area contributed by atoms with Gasteiger partial charge in [-0.1, -0.05) is 29.3 Å². The summed E-state index contributed by atoms with van der Waals surface area (Å²) in [4.78, 5) is 12.5. The molecule has 1 heterocycles. The summed E-state index contributed by atoms with van der Waals surface area (Å²) in [6, 6.07) is 4.94. The summed E-state index contributed by atoms with van der Waals surface area (Å²) in [6.07, 6.45) is 0.180. The summed E-state index contributed by atoms with van der Waals surface area (Å²) in [5.74, 6) is -0.488. The van der Waals surface area contributed by atoms with Crippen LogP contribution >= 0.6 is 23.2 Å². The van der Waals surface area contributed by atoms with Gasteiger partial charge in [0.1, 0.15) is 6.17 Å². The minimum atomic E-state index is -0.923. The first kappa shape index (κ1) is 17.9. The summed E-state index contributed by atoms with van der Waals surface area (Å²) in [7, 11) is 0. The maximum Gasteiger partial charge on any atom is 0.224 e. The average Bonchev–Trinajstić information content (AvgIpc) is 2.56. The van der Waals surface area contributed by atoms with E-state index in [2.05, 4.69) is 5.32 Å². The lowest BCUT2D eigenvalue weighted by atomic mass is 9.70. The van der Waals surface area contributed by atoms with Crippen molar-refractivity contribution in [2.75, 3.05) is 13.2 Å². The molecule has 24 heavy (non-hydrogen) atoms. The largest absolute Gasteiger partial charge is 0.374 e. The van der Waals surface area contributed by atoms with Gasteiger partial charge < -0.3 is 15.8 Å². The third-order valence-corrected chi connectivity index (χ3v) is 5.69. The molecule has 1 saturated heterocycles. The fourth-order valence-corrected chi connectivity index (χ4v) is 4.14. The average molecular weight is 375 g/mol. The first-order chi connectivity index (χ1) is 11.5. The van der Waals surface area contributed by atoms with E-state index in [4.69, 9.17) is 33.7 Å².